The van der Waals surface area contributed by atoms with Crippen LogP contribution < -0.4 is 0 Å². The molecule has 0 radical (unpaired) electrons. The standard InChI is InChI=1S/C14H22O2.C3H8O2/c1-3-6-12(4-2)11-16-14(9-10-15)13-7-5-8-13;1-3(2,4)5/h3-4,6,13-15H,1-2,5,7-11H2;4-5H,1-2H3/b12-6+;. The maximum Gasteiger partial charge on any atom is 0.156 e. The maximum atomic E-state index is 9.00. The van der Waals surface area contributed by atoms with Gasteiger partial charge in [0.2, 0.25) is 0 Å². The topological polar surface area (TPSA) is 69.9 Å². The minimum Gasteiger partial charge on any atom is -0.396 e. The fraction of sp³-hybridized carbons (Fsp3) is 0.647. The summed E-state index contributed by atoms with van der Waals surface area (Å²) in [5.74, 6) is -0.859. The zero-order valence-electron chi connectivity index (χ0n) is 13.3. The van der Waals surface area contributed by atoms with Crippen LogP contribution in [0.25, 0.3) is 0 Å². The maximum absolute atomic E-state index is 9.00. The highest BCUT2D eigenvalue weighted by Crippen LogP contribution is 2.32. The van der Waals surface area contributed by atoms with Crippen LogP contribution in [0.15, 0.2) is 37.0 Å². The average Bonchev–Trinajstić information content (AvgIpc) is 2.30. The van der Waals surface area contributed by atoms with Gasteiger partial charge in [0.1, 0.15) is 0 Å². The van der Waals surface area contributed by atoms with E-state index in [0.29, 0.717) is 12.5 Å². The Labute approximate surface area is 128 Å². The number of aliphatic hydroxyl groups is 3. The molecule has 0 saturated heterocycles. The fourth-order valence-electron chi connectivity index (χ4n) is 1.92. The second-order valence-corrected chi connectivity index (χ2v) is 5.73. The smallest absolute Gasteiger partial charge is 0.156 e. The summed E-state index contributed by atoms with van der Waals surface area (Å²) in [6.45, 7) is 10.8. The van der Waals surface area contributed by atoms with Crippen molar-refractivity contribution in [3.8, 4) is 0 Å². The van der Waals surface area contributed by atoms with Crippen LogP contribution in [0, 0.1) is 5.92 Å². The van der Waals surface area contributed by atoms with Gasteiger partial charge in [-0.15, -0.1) is 0 Å². The first kappa shape index (κ1) is 20.1. The Hall–Kier alpha value is -0.940. The van der Waals surface area contributed by atoms with Gasteiger partial charge in [-0.25, -0.2) is 0 Å². The fourth-order valence-corrected chi connectivity index (χ4v) is 1.92. The Morgan fingerprint density at radius 1 is 1.33 bits per heavy atom. The highest BCUT2D eigenvalue weighted by atomic mass is 16.5. The van der Waals surface area contributed by atoms with Crippen LogP contribution in [0.2, 0.25) is 0 Å². The zero-order chi connectivity index (χ0) is 16.3. The average molecular weight is 298 g/mol. The number of ether oxygens (including phenoxy) is 1. The second kappa shape index (κ2) is 10.7. The summed E-state index contributed by atoms with van der Waals surface area (Å²) in [6.07, 6.45) is 10.1. The van der Waals surface area contributed by atoms with Gasteiger partial charge in [0.05, 0.1) is 12.7 Å². The Kier molecular flexibility index (Phi) is 10.3. The molecule has 1 saturated carbocycles. The summed E-state index contributed by atoms with van der Waals surface area (Å²) >= 11 is 0. The number of rotatable bonds is 8. The molecule has 0 aromatic rings. The van der Waals surface area contributed by atoms with Crippen molar-refractivity contribution in [2.75, 3.05) is 13.2 Å². The van der Waals surface area contributed by atoms with Crippen LogP contribution in [0.1, 0.15) is 39.5 Å². The molecule has 0 aromatic heterocycles. The highest BCUT2D eigenvalue weighted by molar-refractivity contribution is 5.21. The van der Waals surface area contributed by atoms with Gasteiger partial charge in [-0.05, 0) is 44.6 Å². The summed E-state index contributed by atoms with van der Waals surface area (Å²) in [5.41, 5.74) is 1.04. The van der Waals surface area contributed by atoms with E-state index in [1.54, 1.807) is 12.2 Å². The molecule has 0 aliphatic heterocycles. The molecule has 4 heteroatoms. The minimum atomic E-state index is -1.50. The van der Waals surface area contributed by atoms with Crippen molar-refractivity contribution in [2.45, 2.75) is 51.4 Å². The molecule has 122 valence electrons. The Morgan fingerprint density at radius 2 is 1.90 bits per heavy atom. The Balaban J connectivity index is 0.000000690. The van der Waals surface area contributed by atoms with Gasteiger partial charge >= 0.3 is 0 Å². The van der Waals surface area contributed by atoms with E-state index in [0.717, 1.165) is 12.0 Å². The van der Waals surface area contributed by atoms with E-state index < -0.39 is 5.79 Å². The van der Waals surface area contributed by atoms with E-state index in [4.69, 9.17) is 20.1 Å². The van der Waals surface area contributed by atoms with Crippen molar-refractivity contribution in [1.29, 1.82) is 0 Å². The molecule has 1 fully saturated rings. The Morgan fingerprint density at radius 3 is 2.24 bits per heavy atom. The molecule has 3 N–H and O–H groups in total. The lowest BCUT2D eigenvalue weighted by Gasteiger charge is -2.33. The lowest BCUT2D eigenvalue weighted by Crippen LogP contribution is -2.30. The monoisotopic (exact) mass is 298 g/mol. The summed E-state index contributed by atoms with van der Waals surface area (Å²) < 4.78 is 5.84. The molecule has 1 unspecified atom stereocenters. The minimum absolute atomic E-state index is 0.201. The summed E-state index contributed by atoms with van der Waals surface area (Å²) in [6, 6.07) is 0. The van der Waals surface area contributed by atoms with E-state index in [2.05, 4.69) is 13.2 Å². The third kappa shape index (κ3) is 11.4. The number of allylic oxidation sites excluding steroid dienone is 2. The van der Waals surface area contributed by atoms with Crippen LogP contribution >= 0.6 is 0 Å². The van der Waals surface area contributed by atoms with Crippen molar-refractivity contribution >= 4 is 0 Å². The molecule has 1 aliphatic carbocycles. The zero-order valence-corrected chi connectivity index (χ0v) is 13.3. The van der Waals surface area contributed by atoms with E-state index in [1.165, 1.54) is 33.1 Å². The van der Waals surface area contributed by atoms with Crippen molar-refractivity contribution in [3.63, 3.8) is 0 Å². The lowest BCUT2D eigenvalue weighted by atomic mass is 9.80. The Bertz CT molecular complexity index is 318. The first-order chi connectivity index (χ1) is 9.81. The first-order valence-electron chi connectivity index (χ1n) is 7.43. The van der Waals surface area contributed by atoms with Crippen LogP contribution in [0.3, 0.4) is 0 Å². The molecule has 0 heterocycles. The quantitative estimate of drug-likeness (QED) is 0.476. The van der Waals surface area contributed by atoms with E-state index in [1.807, 2.05) is 6.08 Å². The van der Waals surface area contributed by atoms with Crippen LogP contribution in [0.4, 0.5) is 0 Å². The summed E-state index contributed by atoms with van der Waals surface area (Å²) in [7, 11) is 0. The molecule has 0 bridgehead atoms. The molecule has 1 aliphatic rings. The van der Waals surface area contributed by atoms with Crippen molar-refractivity contribution in [1.82, 2.24) is 0 Å². The molecule has 0 spiro atoms. The third-order valence-electron chi connectivity index (χ3n) is 3.15. The third-order valence-corrected chi connectivity index (χ3v) is 3.15. The van der Waals surface area contributed by atoms with Gasteiger partial charge < -0.3 is 20.1 Å². The molecule has 0 amide bonds. The molecule has 1 atom stereocenters. The largest absolute Gasteiger partial charge is 0.396 e. The van der Waals surface area contributed by atoms with Crippen molar-refractivity contribution < 1.29 is 20.1 Å². The molecule has 21 heavy (non-hydrogen) atoms. The molecule has 1 rings (SSSR count). The van der Waals surface area contributed by atoms with E-state index >= 15 is 0 Å². The lowest BCUT2D eigenvalue weighted by molar-refractivity contribution is -0.127. The van der Waals surface area contributed by atoms with Gasteiger partial charge in [-0.3, -0.25) is 0 Å². The van der Waals surface area contributed by atoms with Gasteiger partial charge in [0, 0.05) is 6.61 Å². The molecular formula is C17H30O4. The van der Waals surface area contributed by atoms with E-state index in [-0.39, 0.29) is 12.7 Å². The predicted molar refractivity (Wildman–Crippen MR) is 85.8 cm³/mol. The van der Waals surface area contributed by atoms with Crippen molar-refractivity contribution in [3.05, 3.63) is 37.0 Å². The van der Waals surface area contributed by atoms with Gasteiger partial charge in [0.15, 0.2) is 5.79 Å². The summed E-state index contributed by atoms with van der Waals surface area (Å²) in [5, 5.41) is 25.2. The molecule has 4 nitrogen and oxygen atoms in total. The highest BCUT2D eigenvalue weighted by Gasteiger charge is 2.27. The van der Waals surface area contributed by atoms with Crippen LogP contribution in [-0.4, -0.2) is 40.4 Å². The van der Waals surface area contributed by atoms with Crippen LogP contribution in [-0.2, 0) is 4.74 Å². The first-order valence-corrected chi connectivity index (χ1v) is 7.43. The SMILES string of the molecule is C=C/C=C(\C=C)COC(CCO)C1CCC1.CC(C)(O)O. The summed E-state index contributed by atoms with van der Waals surface area (Å²) in [4.78, 5) is 0. The van der Waals surface area contributed by atoms with Crippen LogP contribution in [0.5, 0.6) is 0 Å². The van der Waals surface area contributed by atoms with Gasteiger partial charge in [-0.2, -0.15) is 0 Å². The van der Waals surface area contributed by atoms with Gasteiger partial charge in [0.25, 0.3) is 0 Å². The van der Waals surface area contributed by atoms with Crippen molar-refractivity contribution in [2.24, 2.45) is 5.92 Å². The molecule has 0 aromatic carbocycles. The number of hydrogen-bond acceptors (Lipinski definition) is 4. The van der Waals surface area contributed by atoms with E-state index in [9.17, 15) is 0 Å². The molecular weight excluding hydrogens is 268 g/mol. The normalized spacial score (nSPS) is 17.3. The second-order valence-electron chi connectivity index (χ2n) is 5.73. The van der Waals surface area contributed by atoms with Gasteiger partial charge in [-0.1, -0.05) is 37.8 Å². The number of hydrogen-bond donors (Lipinski definition) is 3. The predicted octanol–water partition coefficient (Wildman–Crippen LogP) is 2.56. The number of aliphatic hydroxyl groups excluding tert-OH is 1.